The summed E-state index contributed by atoms with van der Waals surface area (Å²) in [6.07, 6.45) is 3.01. The Morgan fingerprint density at radius 2 is 1.83 bits per heavy atom. The maximum Gasteiger partial charge on any atom is 0.302 e. The molecule has 1 fully saturated rings. The number of fused-ring (bicyclic) bond motifs is 3. The topological polar surface area (TPSA) is 116 Å². The number of carbonyl (C=O) groups is 2. The van der Waals surface area contributed by atoms with Gasteiger partial charge < -0.3 is 9.64 Å². The summed E-state index contributed by atoms with van der Waals surface area (Å²) in [5, 5.41) is 0. The zero-order valence-electron chi connectivity index (χ0n) is 20.1. The van der Waals surface area contributed by atoms with Crippen molar-refractivity contribution in [3.8, 4) is 0 Å². The minimum Gasteiger partial charge on any atom is -0.461 e. The Balaban J connectivity index is 1.72. The number of hydrogen-bond acceptors (Lipinski definition) is 7. The Hall–Kier alpha value is -3.25. The van der Waals surface area contributed by atoms with Crippen LogP contribution in [0.2, 0.25) is 0 Å². The molecule has 2 unspecified atom stereocenters. The standard InChI is InChI=1S/C24H24BrN5O5S/c1-13-5-7-18(8-6-13)36(33,34)29-11-14(2)21-24(29)26-10-20-22(25)27-23(30(20)21)19-9-17(35-16(4)32)12-28(19)15(3)31/h5-8,10-11,17,19H,9,12H2,1-4H3. The Morgan fingerprint density at radius 1 is 1.14 bits per heavy atom. The first-order valence-corrected chi connectivity index (χ1v) is 13.5. The van der Waals surface area contributed by atoms with E-state index >= 15 is 0 Å². The number of hydrogen-bond donors (Lipinski definition) is 0. The highest BCUT2D eigenvalue weighted by Crippen LogP contribution is 2.37. The van der Waals surface area contributed by atoms with Crippen LogP contribution in [0.25, 0.3) is 16.7 Å². The third kappa shape index (κ3) is 3.88. The molecule has 188 valence electrons. The van der Waals surface area contributed by atoms with E-state index in [9.17, 15) is 18.0 Å². The highest BCUT2D eigenvalue weighted by molar-refractivity contribution is 9.10. The summed E-state index contributed by atoms with van der Waals surface area (Å²) in [6.45, 7) is 6.74. The van der Waals surface area contributed by atoms with E-state index in [-0.39, 0.29) is 23.0 Å². The molecule has 0 aliphatic carbocycles. The van der Waals surface area contributed by atoms with Gasteiger partial charge in [-0.1, -0.05) is 17.7 Å². The number of carbonyl (C=O) groups excluding carboxylic acids is 2. The van der Waals surface area contributed by atoms with Gasteiger partial charge in [-0.25, -0.2) is 22.4 Å². The van der Waals surface area contributed by atoms with E-state index in [1.54, 1.807) is 48.5 Å². The Kier molecular flexibility index (Phi) is 5.91. The first-order chi connectivity index (χ1) is 17.0. The molecule has 1 saturated heterocycles. The number of halogens is 1. The summed E-state index contributed by atoms with van der Waals surface area (Å²) in [5.74, 6) is -0.0640. The SMILES string of the molecule is CC(=O)OC1CC(c2nc(Br)c3cnc4c(c(C)cn4S(=O)(=O)c4ccc(C)cc4)n23)N(C(C)=O)C1. The molecule has 1 amide bonds. The van der Waals surface area contributed by atoms with Crippen molar-refractivity contribution in [3.63, 3.8) is 0 Å². The molecule has 0 spiro atoms. The molecule has 2 atom stereocenters. The summed E-state index contributed by atoms with van der Waals surface area (Å²) in [4.78, 5) is 35.0. The van der Waals surface area contributed by atoms with E-state index in [1.807, 2.05) is 11.3 Å². The van der Waals surface area contributed by atoms with E-state index in [4.69, 9.17) is 9.72 Å². The van der Waals surface area contributed by atoms with Gasteiger partial charge in [-0.15, -0.1) is 0 Å². The van der Waals surface area contributed by atoms with Crippen LogP contribution in [0.15, 0.2) is 46.2 Å². The number of benzene rings is 1. The monoisotopic (exact) mass is 573 g/mol. The average molecular weight is 574 g/mol. The minimum atomic E-state index is -3.91. The van der Waals surface area contributed by atoms with Gasteiger partial charge in [0.05, 0.1) is 34.7 Å². The number of nitrogens with zero attached hydrogens (tertiary/aromatic N) is 5. The highest BCUT2D eigenvalue weighted by atomic mass is 79.9. The molecule has 12 heteroatoms. The van der Waals surface area contributed by atoms with E-state index in [1.165, 1.54) is 17.8 Å². The van der Waals surface area contributed by atoms with Crippen molar-refractivity contribution in [1.29, 1.82) is 0 Å². The van der Waals surface area contributed by atoms with Gasteiger partial charge in [-0.05, 0) is 47.5 Å². The third-order valence-electron chi connectivity index (χ3n) is 6.41. The number of likely N-dealkylation sites (tertiary alicyclic amines) is 1. The van der Waals surface area contributed by atoms with Crippen molar-refractivity contribution in [2.24, 2.45) is 0 Å². The summed E-state index contributed by atoms with van der Waals surface area (Å²) >= 11 is 3.49. The smallest absolute Gasteiger partial charge is 0.302 e. The molecular weight excluding hydrogens is 550 g/mol. The maximum atomic E-state index is 13.5. The van der Waals surface area contributed by atoms with E-state index in [0.29, 0.717) is 33.4 Å². The molecule has 1 aromatic carbocycles. The maximum absolute atomic E-state index is 13.5. The van der Waals surface area contributed by atoms with Gasteiger partial charge in [0, 0.05) is 26.5 Å². The number of amides is 1. The van der Waals surface area contributed by atoms with E-state index in [2.05, 4.69) is 20.9 Å². The van der Waals surface area contributed by atoms with E-state index < -0.39 is 28.1 Å². The summed E-state index contributed by atoms with van der Waals surface area (Å²) in [6, 6.07) is 6.16. The van der Waals surface area contributed by atoms with Crippen molar-refractivity contribution < 1.29 is 22.7 Å². The summed E-state index contributed by atoms with van der Waals surface area (Å²) in [7, 11) is -3.91. The number of aryl methyl sites for hydroxylation is 2. The molecule has 3 aromatic heterocycles. The Bertz CT molecular complexity index is 1640. The van der Waals surface area contributed by atoms with Crippen molar-refractivity contribution in [2.45, 2.75) is 51.2 Å². The minimum absolute atomic E-state index is 0.154. The second-order valence-electron chi connectivity index (χ2n) is 8.99. The zero-order valence-corrected chi connectivity index (χ0v) is 22.5. The Labute approximate surface area is 216 Å². The first kappa shape index (κ1) is 24.4. The van der Waals surface area contributed by atoms with Crippen LogP contribution >= 0.6 is 15.9 Å². The number of rotatable bonds is 4. The van der Waals surface area contributed by atoms with Crippen LogP contribution in [0.3, 0.4) is 0 Å². The van der Waals surface area contributed by atoms with Crippen LogP contribution in [-0.2, 0) is 24.3 Å². The molecule has 10 nitrogen and oxygen atoms in total. The lowest BCUT2D eigenvalue weighted by molar-refractivity contribution is -0.146. The van der Waals surface area contributed by atoms with Gasteiger partial charge in [0.2, 0.25) is 5.91 Å². The molecule has 0 saturated carbocycles. The van der Waals surface area contributed by atoms with Crippen LogP contribution < -0.4 is 0 Å². The molecular formula is C24H24BrN5O5S. The second kappa shape index (κ2) is 8.70. The number of imidazole rings is 1. The fourth-order valence-electron chi connectivity index (χ4n) is 4.81. The van der Waals surface area contributed by atoms with Crippen LogP contribution in [0.5, 0.6) is 0 Å². The lowest BCUT2D eigenvalue weighted by Crippen LogP contribution is -2.31. The molecule has 5 rings (SSSR count). The van der Waals surface area contributed by atoms with Gasteiger partial charge in [0.15, 0.2) is 5.65 Å². The van der Waals surface area contributed by atoms with E-state index in [0.717, 1.165) is 5.56 Å². The largest absolute Gasteiger partial charge is 0.461 e. The van der Waals surface area contributed by atoms with Crippen LogP contribution in [0, 0.1) is 13.8 Å². The van der Waals surface area contributed by atoms with Crippen LogP contribution in [-0.4, -0.2) is 56.2 Å². The molecule has 0 bridgehead atoms. The fraction of sp³-hybridized carbons (Fsp3) is 0.333. The normalized spacial score (nSPS) is 18.3. The summed E-state index contributed by atoms with van der Waals surface area (Å²) in [5.41, 5.74) is 3.07. The Morgan fingerprint density at radius 3 is 2.47 bits per heavy atom. The van der Waals surface area contributed by atoms with Gasteiger partial charge in [0.25, 0.3) is 10.0 Å². The highest BCUT2D eigenvalue weighted by Gasteiger charge is 2.39. The molecule has 1 aliphatic rings. The molecule has 4 heterocycles. The number of aromatic nitrogens is 4. The predicted molar refractivity (Wildman–Crippen MR) is 135 cm³/mol. The molecule has 0 N–H and O–H groups in total. The second-order valence-corrected chi connectivity index (χ2v) is 11.6. The van der Waals surface area contributed by atoms with Gasteiger partial charge in [0.1, 0.15) is 16.5 Å². The predicted octanol–water partition coefficient (Wildman–Crippen LogP) is 3.53. The average Bonchev–Trinajstić information content (AvgIpc) is 3.47. The summed E-state index contributed by atoms with van der Waals surface area (Å²) < 4.78 is 36.0. The molecule has 4 aromatic rings. The zero-order chi connectivity index (χ0) is 25.9. The van der Waals surface area contributed by atoms with Gasteiger partial charge in [-0.3, -0.25) is 14.0 Å². The lowest BCUT2D eigenvalue weighted by atomic mass is 10.2. The first-order valence-electron chi connectivity index (χ1n) is 11.3. The molecule has 0 radical (unpaired) electrons. The van der Waals surface area contributed by atoms with Crippen molar-refractivity contribution in [1.82, 2.24) is 23.2 Å². The molecule has 1 aliphatic heterocycles. The van der Waals surface area contributed by atoms with Crippen molar-refractivity contribution in [3.05, 3.63) is 58.2 Å². The van der Waals surface area contributed by atoms with Gasteiger partial charge >= 0.3 is 5.97 Å². The number of ether oxygens (including phenoxy) is 1. The molecule has 36 heavy (non-hydrogen) atoms. The van der Waals surface area contributed by atoms with Crippen molar-refractivity contribution in [2.75, 3.05) is 6.54 Å². The third-order valence-corrected chi connectivity index (χ3v) is 8.66. The van der Waals surface area contributed by atoms with Gasteiger partial charge in [-0.2, -0.15) is 0 Å². The van der Waals surface area contributed by atoms with Crippen LogP contribution in [0.4, 0.5) is 0 Å². The lowest BCUT2D eigenvalue weighted by Gasteiger charge is -2.22. The number of esters is 1. The quantitative estimate of drug-likeness (QED) is 0.343. The van der Waals surface area contributed by atoms with Crippen molar-refractivity contribution >= 4 is 54.5 Å². The fourth-order valence-corrected chi connectivity index (χ4v) is 6.63. The van der Waals surface area contributed by atoms with Crippen LogP contribution in [0.1, 0.15) is 43.3 Å².